The first kappa shape index (κ1) is 24.2. The lowest BCUT2D eigenvalue weighted by Gasteiger charge is -2.22. The second-order valence-corrected chi connectivity index (χ2v) is 10.7. The van der Waals surface area contributed by atoms with Gasteiger partial charge in [-0.15, -0.1) is 0 Å². The molecule has 0 saturated heterocycles. The lowest BCUT2D eigenvalue weighted by molar-refractivity contribution is -0.757. The Balaban J connectivity index is 1.53. The summed E-state index contributed by atoms with van der Waals surface area (Å²) >= 11 is 0. The summed E-state index contributed by atoms with van der Waals surface area (Å²) in [5, 5.41) is 0. The molecule has 0 fully saturated rings. The molecule has 0 unspecified atom stereocenters. The molecule has 0 N–H and O–H groups in total. The average Bonchev–Trinajstić information content (AvgIpc) is 3.38. The van der Waals surface area contributed by atoms with Crippen molar-refractivity contribution in [2.24, 2.45) is 0 Å². The van der Waals surface area contributed by atoms with E-state index in [4.69, 9.17) is 0 Å². The van der Waals surface area contributed by atoms with Crippen LogP contribution in [-0.2, 0) is 30.7 Å². The van der Waals surface area contributed by atoms with E-state index in [9.17, 15) is 0 Å². The molecule has 0 atom stereocenters. The molecule has 5 heteroatoms. The Bertz CT molecular complexity index is 882. The predicted molar refractivity (Wildman–Crippen MR) is 128 cm³/mol. The van der Waals surface area contributed by atoms with Gasteiger partial charge in [0.05, 0.1) is 24.2 Å². The van der Waals surface area contributed by atoms with Crippen LogP contribution in [0.15, 0.2) is 55.1 Å². The molecule has 0 bridgehead atoms. The van der Waals surface area contributed by atoms with Gasteiger partial charge in [0.25, 0.3) is 0 Å². The smallest absolute Gasteiger partial charge is 0.204 e. The third-order valence-electron chi connectivity index (χ3n) is 5.70. The molecular weight excluding hydrogens is 394 g/mol. The van der Waals surface area contributed by atoms with E-state index >= 15 is 0 Å². The Morgan fingerprint density at radius 1 is 0.875 bits per heavy atom. The van der Waals surface area contributed by atoms with Gasteiger partial charge >= 0.3 is 0 Å². The van der Waals surface area contributed by atoms with E-state index in [0.717, 1.165) is 45.6 Å². The predicted octanol–water partition coefficient (Wildman–Crippen LogP) is 3.96. The average molecular weight is 436 g/mol. The zero-order chi connectivity index (χ0) is 23.2. The van der Waals surface area contributed by atoms with Crippen LogP contribution in [0.2, 0.25) is 0 Å². The summed E-state index contributed by atoms with van der Waals surface area (Å²) in [6.07, 6.45) is 17.7. The van der Waals surface area contributed by atoms with Crippen molar-refractivity contribution in [1.82, 2.24) is 14.0 Å². The van der Waals surface area contributed by atoms with Gasteiger partial charge in [0, 0.05) is 19.6 Å². The molecule has 0 aliphatic rings. The normalized spacial score (nSPS) is 12.6. The van der Waals surface area contributed by atoms with Crippen LogP contribution in [0.4, 0.5) is 0 Å². The molecule has 0 radical (unpaired) electrons. The minimum Gasteiger partial charge on any atom is -0.351 e. The number of aryl methyl sites for hydroxylation is 2. The number of hydrogen-bond acceptors (Lipinski definition) is 1. The quantitative estimate of drug-likeness (QED) is 0.349. The molecule has 0 saturated carbocycles. The van der Waals surface area contributed by atoms with Crippen molar-refractivity contribution in [1.29, 1.82) is 0 Å². The Labute approximate surface area is 194 Å². The molecule has 3 aromatic rings. The molecule has 174 valence electrons. The minimum atomic E-state index is 0.0746. The maximum absolute atomic E-state index is 3.46. The van der Waals surface area contributed by atoms with Gasteiger partial charge in [0.1, 0.15) is 0 Å². The van der Waals surface area contributed by atoms with E-state index in [0.29, 0.717) is 0 Å². The Morgan fingerprint density at radius 2 is 1.59 bits per heavy atom. The Kier molecular flexibility index (Phi) is 7.94. The van der Waals surface area contributed by atoms with Gasteiger partial charge in [-0.25, -0.2) is 0 Å². The van der Waals surface area contributed by atoms with Crippen LogP contribution in [0.25, 0.3) is 0 Å². The molecule has 0 spiro atoms. The van der Waals surface area contributed by atoms with Crippen LogP contribution in [0.1, 0.15) is 59.9 Å². The Hall–Kier alpha value is -2.40. The monoisotopic (exact) mass is 435 g/mol. The second-order valence-electron chi connectivity index (χ2n) is 10.7. The van der Waals surface area contributed by atoms with Crippen LogP contribution in [0.5, 0.6) is 0 Å². The van der Waals surface area contributed by atoms with Crippen LogP contribution < -0.4 is 9.13 Å². The molecule has 0 aliphatic carbocycles. The van der Waals surface area contributed by atoms with E-state index in [1.54, 1.807) is 0 Å². The van der Waals surface area contributed by atoms with E-state index in [-0.39, 0.29) is 11.1 Å². The molecule has 0 amide bonds. The molecule has 3 rings (SSSR count). The first-order valence-corrected chi connectivity index (χ1v) is 11.9. The molecule has 5 nitrogen and oxygen atoms in total. The fraction of sp³-hybridized carbons (Fsp3) is 0.556. The van der Waals surface area contributed by atoms with Gasteiger partial charge in [0.2, 0.25) is 12.7 Å². The highest BCUT2D eigenvalue weighted by molar-refractivity contribution is 5.14. The highest BCUT2D eigenvalue weighted by Gasteiger charge is 2.15. The van der Waals surface area contributed by atoms with Crippen molar-refractivity contribution < 1.29 is 9.13 Å². The standard InChI is InChI=1S/C27H41N5/c1-26(2,3)31-20-18-29(23-31)16-10-14-28(22-25-12-8-7-9-13-25)15-11-17-30-19-21-32(24-30)27(4,5)6/h7-9,12-13,18-21H,10-11,14-17,22H2,1-6H3. The van der Waals surface area contributed by atoms with E-state index in [2.05, 4.69) is 132 Å². The molecule has 2 heterocycles. The van der Waals surface area contributed by atoms with Gasteiger partial charge in [0.15, 0.2) is 0 Å². The number of aromatic nitrogens is 4. The molecular formula is C27H41N5. The Morgan fingerprint density at radius 3 is 2.22 bits per heavy atom. The summed E-state index contributed by atoms with van der Waals surface area (Å²) in [6.45, 7) is 18.4. The summed E-state index contributed by atoms with van der Waals surface area (Å²) in [6, 6.07) is 10.8. The number of imidazole rings is 2. The maximum Gasteiger partial charge on any atom is 0.204 e. The SMILES string of the molecule is CC(C)(C)n1[c-][n+](CCCN(CCCn2[c-][n+](C(C)(C)C)cc2)Cc2ccccc2)cc1. The lowest BCUT2D eigenvalue weighted by Crippen LogP contribution is -2.48. The van der Waals surface area contributed by atoms with Gasteiger partial charge in [-0.2, -0.15) is 0 Å². The lowest BCUT2D eigenvalue weighted by atomic mass is 10.1. The fourth-order valence-electron chi connectivity index (χ4n) is 3.74. The van der Waals surface area contributed by atoms with E-state index in [1.165, 1.54) is 5.56 Å². The number of benzene rings is 1. The van der Waals surface area contributed by atoms with E-state index < -0.39 is 0 Å². The van der Waals surface area contributed by atoms with Crippen LogP contribution in [0.3, 0.4) is 0 Å². The van der Waals surface area contributed by atoms with Crippen LogP contribution in [-0.4, -0.2) is 27.1 Å². The first-order valence-electron chi connectivity index (χ1n) is 11.9. The van der Waals surface area contributed by atoms with Crippen molar-refractivity contribution in [3.05, 3.63) is 73.3 Å². The third kappa shape index (κ3) is 7.33. The minimum absolute atomic E-state index is 0.0746. The molecule has 32 heavy (non-hydrogen) atoms. The van der Waals surface area contributed by atoms with Crippen molar-refractivity contribution in [2.45, 2.75) is 85.1 Å². The van der Waals surface area contributed by atoms with Crippen molar-refractivity contribution >= 4 is 0 Å². The largest absolute Gasteiger partial charge is 0.351 e. The molecule has 2 aromatic heterocycles. The van der Waals surface area contributed by atoms with Crippen LogP contribution >= 0.6 is 0 Å². The molecule has 1 aromatic carbocycles. The highest BCUT2D eigenvalue weighted by Crippen LogP contribution is 2.11. The van der Waals surface area contributed by atoms with Gasteiger partial charge in [-0.05, 0) is 84.7 Å². The van der Waals surface area contributed by atoms with Gasteiger partial charge < -0.3 is 18.3 Å². The van der Waals surface area contributed by atoms with Crippen molar-refractivity contribution in [3.63, 3.8) is 0 Å². The summed E-state index contributed by atoms with van der Waals surface area (Å²) in [4.78, 5) is 2.58. The highest BCUT2D eigenvalue weighted by atomic mass is 15.2. The van der Waals surface area contributed by atoms with Gasteiger partial charge in [-0.1, -0.05) is 30.3 Å². The zero-order valence-electron chi connectivity index (χ0n) is 20.9. The zero-order valence-corrected chi connectivity index (χ0v) is 20.9. The fourth-order valence-corrected chi connectivity index (χ4v) is 3.74. The first-order chi connectivity index (χ1) is 15.1. The van der Waals surface area contributed by atoms with E-state index in [1.807, 2.05) is 0 Å². The molecule has 0 aliphatic heterocycles. The van der Waals surface area contributed by atoms with Crippen LogP contribution in [0, 0.1) is 12.7 Å². The maximum atomic E-state index is 3.46. The second kappa shape index (κ2) is 10.5. The van der Waals surface area contributed by atoms with Gasteiger partial charge in [-0.3, -0.25) is 4.90 Å². The summed E-state index contributed by atoms with van der Waals surface area (Å²) < 4.78 is 8.69. The number of hydrogen-bond donors (Lipinski definition) is 0. The number of rotatable bonds is 10. The topological polar surface area (TPSA) is 20.9 Å². The number of nitrogens with zero attached hydrogens (tertiary/aromatic N) is 5. The summed E-state index contributed by atoms with van der Waals surface area (Å²) in [7, 11) is 0. The third-order valence-corrected chi connectivity index (χ3v) is 5.70. The summed E-state index contributed by atoms with van der Waals surface area (Å²) in [5.41, 5.74) is 1.53. The van der Waals surface area contributed by atoms with Crippen molar-refractivity contribution in [3.8, 4) is 0 Å². The van der Waals surface area contributed by atoms with Crippen molar-refractivity contribution in [2.75, 3.05) is 13.1 Å². The summed E-state index contributed by atoms with van der Waals surface area (Å²) in [5.74, 6) is 0.